The fraction of sp³-hybridized carbons (Fsp3) is 0.200. The molecule has 0 spiro atoms. The predicted octanol–water partition coefficient (Wildman–Crippen LogP) is -2.12. The van der Waals surface area contributed by atoms with Gasteiger partial charge in [0.05, 0.1) is 0 Å². The molecule has 0 atom stereocenters. The van der Waals surface area contributed by atoms with E-state index >= 15 is 0 Å². The maximum atomic E-state index is 10.1. The van der Waals surface area contributed by atoms with Crippen LogP contribution >= 0.6 is 0 Å². The second kappa shape index (κ2) is 3.62. The summed E-state index contributed by atoms with van der Waals surface area (Å²) >= 11 is 0. The highest BCUT2D eigenvalue weighted by Crippen LogP contribution is 1.82. The molecule has 54 valence electrons. The first kappa shape index (κ1) is 8.64. The van der Waals surface area contributed by atoms with Crippen molar-refractivity contribution in [3.63, 3.8) is 0 Å². The molecule has 0 amide bonds. The van der Waals surface area contributed by atoms with E-state index in [1.807, 2.05) is 0 Å². The summed E-state index contributed by atoms with van der Waals surface area (Å²) in [7, 11) is 0. The second-order valence-corrected chi connectivity index (χ2v) is 1.44. The molecule has 5 nitrogen and oxygen atoms in total. The quantitative estimate of drug-likeness (QED) is 0.277. The number of rotatable bonds is 4. The molecule has 0 saturated carbocycles. The van der Waals surface area contributed by atoms with Crippen molar-refractivity contribution < 1.29 is 24.3 Å². The number of aldehydes is 2. The van der Waals surface area contributed by atoms with Gasteiger partial charge in [0.15, 0.2) is 18.7 Å². The molecular weight excluding hydrogens is 140 g/mol. The van der Waals surface area contributed by atoms with E-state index in [-0.39, 0.29) is 12.6 Å². The Morgan fingerprint density at radius 3 is 1.60 bits per heavy atom. The van der Waals surface area contributed by atoms with Crippen molar-refractivity contribution in [3.8, 4) is 0 Å². The van der Waals surface area contributed by atoms with Crippen LogP contribution in [0.4, 0.5) is 0 Å². The van der Waals surface area contributed by atoms with Crippen molar-refractivity contribution in [1.29, 1.82) is 0 Å². The normalized spacial score (nSPS) is 9.00. The highest BCUT2D eigenvalue weighted by Gasteiger charge is 2.21. The largest absolute Gasteiger partial charge is 0.377 e. The van der Waals surface area contributed by atoms with Crippen molar-refractivity contribution in [3.05, 3.63) is 0 Å². The molecule has 0 aromatic rings. The number of hydrogen-bond acceptors (Lipinski definition) is 5. The summed E-state index contributed by atoms with van der Waals surface area (Å²) in [6, 6.07) is 0. The highest BCUT2D eigenvalue weighted by atomic mass is 16.3. The lowest BCUT2D eigenvalue weighted by Crippen LogP contribution is -2.31. The van der Waals surface area contributed by atoms with Gasteiger partial charge in [0.2, 0.25) is 11.6 Å². The van der Waals surface area contributed by atoms with Crippen LogP contribution in [0.2, 0.25) is 0 Å². The summed E-state index contributed by atoms with van der Waals surface area (Å²) in [5, 5.41) is 8.42. The van der Waals surface area contributed by atoms with Gasteiger partial charge in [0.1, 0.15) is 0 Å². The highest BCUT2D eigenvalue weighted by molar-refractivity contribution is 6.41. The van der Waals surface area contributed by atoms with Crippen LogP contribution in [0.1, 0.15) is 0 Å². The molecule has 0 radical (unpaired) electrons. The lowest BCUT2D eigenvalue weighted by molar-refractivity contribution is -0.144. The van der Waals surface area contributed by atoms with Gasteiger partial charge in [-0.05, 0) is 0 Å². The van der Waals surface area contributed by atoms with Crippen molar-refractivity contribution >= 4 is 24.1 Å². The van der Waals surface area contributed by atoms with Gasteiger partial charge in [-0.15, -0.1) is 0 Å². The van der Waals surface area contributed by atoms with Gasteiger partial charge in [-0.1, -0.05) is 0 Å². The zero-order chi connectivity index (χ0) is 8.15. The maximum Gasteiger partial charge on any atom is 0.231 e. The van der Waals surface area contributed by atoms with Gasteiger partial charge in [-0.3, -0.25) is 19.2 Å². The molecule has 0 rings (SSSR count). The summed E-state index contributed by atoms with van der Waals surface area (Å²) in [5.74, 6) is -2.62. The minimum atomic E-state index is -2.12. The van der Waals surface area contributed by atoms with E-state index in [0.29, 0.717) is 0 Å². The molecule has 5 heteroatoms. The Balaban J connectivity index is 4.20. The van der Waals surface area contributed by atoms with E-state index in [2.05, 4.69) is 0 Å². The number of carbonyl (C=O) groups is 4. The Morgan fingerprint density at radius 1 is 1.10 bits per heavy atom. The zero-order valence-electron chi connectivity index (χ0n) is 4.81. The van der Waals surface area contributed by atoms with Crippen LogP contribution in [0, 0.1) is 0 Å². The maximum absolute atomic E-state index is 10.1. The number of ketones is 2. The number of hydrogen-bond donors (Lipinski definition) is 1. The van der Waals surface area contributed by atoms with Crippen molar-refractivity contribution in [2.24, 2.45) is 0 Å². The lowest BCUT2D eigenvalue weighted by atomic mass is 10.2. The van der Waals surface area contributed by atoms with Crippen LogP contribution in [-0.2, 0) is 19.2 Å². The monoisotopic (exact) mass is 144 g/mol. The van der Waals surface area contributed by atoms with E-state index in [4.69, 9.17) is 5.11 Å². The van der Waals surface area contributed by atoms with E-state index in [1.54, 1.807) is 0 Å². The molecule has 0 saturated heterocycles. The summed E-state index contributed by atoms with van der Waals surface area (Å²) in [6.45, 7) is 0. The minimum absolute atomic E-state index is 0.216. The first-order valence-electron chi connectivity index (χ1n) is 2.29. The Kier molecular flexibility index (Phi) is 3.13. The average Bonchev–Trinajstić information content (AvgIpc) is 2.00. The number of carbonyl (C=O) groups excluding carboxylic acids is 4. The summed E-state index contributed by atoms with van der Waals surface area (Å²) in [5.41, 5.74) is 0. The molecule has 1 N–H and O–H groups in total. The summed E-state index contributed by atoms with van der Waals surface area (Å²) < 4.78 is 0. The molecule has 0 unspecified atom stereocenters. The van der Waals surface area contributed by atoms with Crippen LogP contribution in [0.25, 0.3) is 0 Å². The first-order valence-corrected chi connectivity index (χ1v) is 2.29. The number of aliphatic hydroxyl groups is 1. The zero-order valence-corrected chi connectivity index (χ0v) is 4.81. The average molecular weight is 144 g/mol. The number of Topliss-reactive ketones (excluding diaryl/α,β-unsaturated/α-hetero) is 2. The van der Waals surface area contributed by atoms with Crippen molar-refractivity contribution in [2.75, 3.05) is 0 Å². The third-order valence-electron chi connectivity index (χ3n) is 0.771. The Labute approximate surface area is 55.6 Å². The smallest absolute Gasteiger partial charge is 0.231 e. The first-order chi connectivity index (χ1) is 4.63. The number of aliphatic hydroxyl groups excluding tert-OH is 1. The SMILES string of the molecule is O=CC(=O)C(O)C(=O)C=O. The standard InChI is InChI=1S/C5H4O5/c6-1-3(8)5(10)4(9)2-7/h1-2,5,10H. The van der Waals surface area contributed by atoms with Crippen LogP contribution in [0.5, 0.6) is 0 Å². The second-order valence-electron chi connectivity index (χ2n) is 1.44. The molecule has 0 heterocycles. The van der Waals surface area contributed by atoms with E-state index in [1.165, 1.54) is 0 Å². The fourth-order valence-electron chi connectivity index (χ4n) is 0.269. The molecule has 0 aromatic heterocycles. The van der Waals surface area contributed by atoms with Gasteiger partial charge in [0.25, 0.3) is 0 Å². The van der Waals surface area contributed by atoms with Crippen LogP contribution in [0.15, 0.2) is 0 Å². The predicted molar refractivity (Wildman–Crippen MR) is 28.1 cm³/mol. The van der Waals surface area contributed by atoms with Crippen molar-refractivity contribution in [2.45, 2.75) is 6.10 Å². The summed E-state index contributed by atoms with van der Waals surface area (Å²) in [6.07, 6.45) is -2.55. The minimum Gasteiger partial charge on any atom is -0.377 e. The topological polar surface area (TPSA) is 88.5 Å². The fourth-order valence-corrected chi connectivity index (χ4v) is 0.269. The third kappa shape index (κ3) is 1.87. The molecule has 0 aliphatic heterocycles. The molecule has 0 fully saturated rings. The van der Waals surface area contributed by atoms with E-state index in [0.717, 1.165) is 0 Å². The molecule has 0 bridgehead atoms. The van der Waals surface area contributed by atoms with E-state index < -0.39 is 17.7 Å². The van der Waals surface area contributed by atoms with Gasteiger partial charge >= 0.3 is 0 Å². The molecule has 0 aliphatic rings. The van der Waals surface area contributed by atoms with E-state index in [9.17, 15) is 19.2 Å². The van der Waals surface area contributed by atoms with Gasteiger partial charge in [-0.2, -0.15) is 0 Å². The molecule has 0 aromatic carbocycles. The van der Waals surface area contributed by atoms with Crippen LogP contribution in [0.3, 0.4) is 0 Å². The Morgan fingerprint density at radius 2 is 1.40 bits per heavy atom. The third-order valence-corrected chi connectivity index (χ3v) is 0.771. The molecular formula is C5H4O5. The van der Waals surface area contributed by atoms with Gasteiger partial charge in [-0.25, -0.2) is 0 Å². The van der Waals surface area contributed by atoms with Gasteiger partial charge < -0.3 is 5.11 Å². The molecule has 0 aliphatic carbocycles. The summed E-state index contributed by atoms with van der Waals surface area (Å²) in [4.78, 5) is 39.4. The Bertz CT molecular complexity index is 162. The lowest BCUT2D eigenvalue weighted by Gasteiger charge is -1.95. The van der Waals surface area contributed by atoms with Crippen molar-refractivity contribution in [1.82, 2.24) is 0 Å². The Hall–Kier alpha value is -1.36. The van der Waals surface area contributed by atoms with Crippen LogP contribution in [-0.4, -0.2) is 35.3 Å². The van der Waals surface area contributed by atoms with Gasteiger partial charge in [0, 0.05) is 0 Å². The van der Waals surface area contributed by atoms with Crippen LogP contribution < -0.4 is 0 Å². The molecule has 10 heavy (non-hydrogen) atoms.